The summed E-state index contributed by atoms with van der Waals surface area (Å²) in [5, 5.41) is 6.00. The number of hydrogen-bond donors (Lipinski definition) is 2. The lowest BCUT2D eigenvalue weighted by atomic mass is 10.1. The zero-order valence-electron chi connectivity index (χ0n) is 14.5. The van der Waals surface area contributed by atoms with Crippen LogP contribution >= 0.6 is 23.4 Å². The highest BCUT2D eigenvalue weighted by atomic mass is 35.5. The van der Waals surface area contributed by atoms with Crippen molar-refractivity contribution < 1.29 is 19.1 Å². The Hall–Kier alpha value is -2.51. The van der Waals surface area contributed by atoms with Crippen LogP contribution in [-0.4, -0.2) is 30.1 Å². The van der Waals surface area contributed by atoms with Gasteiger partial charge in [-0.2, -0.15) is 0 Å². The molecule has 2 N–H and O–H groups in total. The molecule has 0 saturated carbocycles. The van der Waals surface area contributed by atoms with Crippen molar-refractivity contribution in [2.24, 2.45) is 0 Å². The van der Waals surface area contributed by atoms with Gasteiger partial charge in [0.1, 0.15) is 0 Å². The van der Waals surface area contributed by atoms with Crippen LogP contribution in [0.4, 0.5) is 5.69 Å². The Labute approximate surface area is 165 Å². The van der Waals surface area contributed by atoms with E-state index in [1.54, 1.807) is 31.2 Å². The molecule has 0 bridgehead atoms. The minimum Gasteiger partial charge on any atom is -0.452 e. The van der Waals surface area contributed by atoms with Gasteiger partial charge >= 0.3 is 5.97 Å². The number of anilines is 1. The summed E-state index contributed by atoms with van der Waals surface area (Å²) < 4.78 is 5.07. The molecular formula is C19H17ClN2O4S. The molecule has 6 nitrogen and oxygen atoms in total. The third kappa shape index (κ3) is 4.81. The van der Waals surface area contributed by atoms with Crippen molar-refractivity contribution in [3.63, 3.8) is 0 Å². The van der Waals surface area contributed by atoms with E-state index < -0.39 is 18.5 Å². The summed E-state index contributed by atoms with van der Waals surface area (Å²) >= 11 is 7.51. The van der Waals surface area contributed by atoms with Gasteiger partial charge in [-0.3, -0.25) is 9.59 Å². The first kappa shape index (κ1) is 19.3. The fourth-order valence-corrected chi connectivity index (χ4v) is 3.70. The van der Waals surface area contributed by atoms with E-state index in [1.807, 2.05) is 18.2 Å². The van der Waals surface area contributed by atoms with Crippen molar-refractivity contribution in [2.75, 3.05) is 17.7 Å². The molecule has 0 unspecified atom stereocenters. The fraction of sp³-hybridized carbons (Fsp3) is 0.211. The van der Waals surface area contributed by atoms with Crippen LogP contribution in [-0.2, 0) is 14.3 Å². The largest absolute Gasteiger partial charge is 0.452 e. The number of esters is 1. The zero-order valence-corrected chi connectivity index (χ0v) is 16.0. The lowest BCUT2D eigenvalue weighted by Gasteiger charge is -2.17. The summed E-state index contributed by atoms with van der Waals surface area (Å²) in [6, 6.07) is 11.8. The first-order valence-corrected chi connectivity index (χ1v) is 9.58. The van der Waals surface area contributed by atoms with Crippen molar-refractivity contribution in [2.45, 2.75) is 17.9 Å². The molecule has 1 atom stereocenters. The third-order valence-electron chi connectivity index (χ3n) is 3.93. The fourth-order valence-electron chi connectivity index (χ4n) is 2.61. The summed E-state index contributed by atoms with van der Waals surface area (Å²) in [7, 11) is 0. The first-order chi connectivity index (χ1) is 12.9. The number of nitrogens with one attached hydrogen (secondary N) is 2. The maximum Gasteiger partial charge on any atom is 0.338 e. The minimum absolute atomic E-state index is 0.119. The summed E-state index contributed by atoms with van der Waals surface area (Å²) in [5.74, 6) is -0.840. The summed E-state index contributed by atoms with van der Waals surface area (Å²) in [6.45, 7) is 1.39. The van der Waals surface area contributed by atoms with E-state index in [0.717, 1.165) is 10.5 Å². The Kier molecular flexibility index (Phi) is 6.03. The second-order valence-electron chi connectivity index (χ2n) is 5.93. The number of benzene rings is 2. The standard InChI is InChI=1S/C19H17ClN2O4S/c1-11(13-4-2-3-5-14(13)20)21-17(23)9-26-19(25)12-6-7-16-15(8-12)22-18(24)10-27-16/h2-8,11H,9-10H2,1H3,(H,21,23)(H,22,24)/t11-/m0/s1. The number of ether oxygens (including phenoxy) is 1. The first-order valence-electron chi connectivity index (χ1n) is 8.21. The Balaban J connectivity index is 1.56. The number of rotatable bonds is 5. The summed E-state index contributed by atoms with van der Waals surface area (Å²) in [5.41, 5.74) is 1.62. The summed E-state index contributed by atoms with van der Waals surface area (Å²) in [6.07, 6.45) is 0. The number of thioether (sulfide) groups is 1. The van der Waals surface area contributed by atoms with Gasteiger partial charge in [0.25, 0.3) is 5.91 Å². The van der Waals surface area contributed by atoms with Gasteiger partial charge in [0.2, 0.25) is 5.91 Å². The quantitative estimate of drug-likeness (QED) is 0.746. The molecule has 0 aromatic heterocycles. The predicted octanol–water partition coefficient (Wildman–Crippen LogP) is 3.42. The van der Waals surface area contributed by atoms with Crippen molar-refractivity contribution in [1.82, 2.24) is 5.32 Å². The van der Waals surface area contributed by atoms with E-state index in [1.165, 1.54) is 11.8 Å². The van der Waals surface area contributed by atoms with E-state index in [-0.39, 0.29) is 17.5 Å². The van der Waals surface area contributed by atoms with Crippen LogP contribution in [0.5, 0.6) is 0 Å². The van der Waals surface area contributed by atoms with Gasteiger partial charge in [0.05, 0.1) is 23.0 Å². The Morgan fingerprint density at radius 2 is 2.07 bits per heavy atom. The minimum atomic E-state index is -0.636. The lowest BCUT2D eigenvalue weighted by molar-refractivity contribution is -0.124. The third-order valence-corrected chi connectivity index (χ3v) is 5.35. The molecule has 2 amide bonds. The molecule has 0 saturated heterocycles. The molecule has 0 aliphatic carbocycles. The van der Waals surface area contributed by atoms with Gasteiger partial charge in [-0.15, -0.1) is 11.8 Å². The molecule has 2 aromatic rings. The number of carbonyl (C=O) groups excluding carboxylic acids is 3. The molecule has 0 radical (unpaired) electrons. The topological polar surface area (TPSA) is 84.5 Å². The highest BCUT2D eigenvalue weighted by Crippen LogP contribution is 2.32. The molecule has 3 rings (SSSR count). The number of amides is 2. The second kappa shape index (κ2) is 8.45. The Morgan fingerprint density at radius 1 is 1.30 bits per heavy atom. The highest BCUT2D eigenvalue weighted by Gasteiger charge is 2.19. The van der Waals surface area contributed by atoms with E-state index in [4.69, 9.17) is 16.3 Å². The zero-order chi connectivity index (χ0) is 19.4. The maximum absolute atomic E-state index is 12.2. The second-order valence-corrected chi connectivity index (χ2v) is 7.36. The van der Waals surface area contributed by atoms with Gasteiger partial charge in [-0.1, -0.05) is 29.8 Å². The van der Waals surface area contributed by atoms with Crippen molar-refractivity contribution >= 4 is 46.8 Å². The molecule has 2 aromatic carbocycles. The summed E-state index contributed by atoms with van der Waals surface area (Å²) in [4.78, 5) is 36.6. The van der Waals surface area contributed by atoms with Crippen LogP contribution in [0.15, 0.2) is 47.4 Å². The number of carbonyl (C=O) groups is 3. The smallest absolute Gasteiger partial charge is 0.338 e. The van der Waals surface area contributed by atoms with Gasteiger partial charge in [0, 0.05) is 9.92 Å². The lowest BCUT2D eigenvalue weighted by Crippen LogP contribution is -2.31. The van der Waals surface area contributed by atoms with Crippen molar-refractivity contribution in [1.29, 1.82) is 0 Å². The number of halogens is 1. The Morgan fingerprint density at radius 3 is 2.85 bits per heavy atom. The maximum atomic E-state index is 12.2. The normalized spacial score (nSPS) is 13.9. The van der Waals surface area contributed by atoms with Gasteiger partial charge < -0.3 is 15.4 Å². The molecule has 8 heteroatoms. The van der Waals surface area contributed by atoms with E-state index in [2.05, 4.69) is 10.6 Å². The molecule has 0 fully saturated rings. The van der Waals surface area contributed by atoms with Gasteiger partial charge in [-0.05, 0) is 36.8 Å². The molecule has 1 aliphatic rings. The van der Waals surface area contributed by atoms with Crippen molar-refractivity contribution in [3.05, 3.63) is 58.6 Å². The molecule has 0 spiro atoms. The van der Waals surface area contributed by atoms with Crippen molar-refractivity contribution in [3.8, 4) is 0 Å². The monoisotopic (exact) mass is 404 g/mol. The molecule has 1 aliphatic heterocycles. The van der Waals surface area contributed by atoms with Crippen LogP contribution in [0.25, 0.3) is 0 Å². The molecule has 140 valence electrons. The average Bonchev–Trinajstić information content (AvgIpc) is 2.65. The predicted molar refractivity (Wildman–Crippen MR) is 104 cm³/mol. The van der Waals surface area contributed by atoms with E-state index in [9.17, 15) is 14.4 Å². The van der Waals surface area contributed by atoms with Crippen LogP contribution in [0.1, 0.15) is 28.9 Å². The SMILES string of the molecule is C[C@H](NC(=O)COC(=O)c1ccc2c(c1)NC(=O)CS2)c1ccccc1Cl. The molecule has 1 heterocycles. The Bertz CT molecular complexity index is 903. The number of fused-ring (bicyclic) bond motifs is 1. The van der Waals surface area contributed by atoms with Crippen LogP contribution in [0.2, 0.25) is 5.02 Å². The van der Waals surface area contributed by atoms with Gasteiger partial charge in [-0.25, -0.2) is 4.79 Å². The number of hydrogen-bond acceptors (Lipinski definition) is 5. The average molecular weight is 405 g/mol. The van der Waals surface area contributed by atoms with E-state index in [0.29, 0.717) is 16.5 Å². The van der Waals surface area contributed by atoms with Crippen LogP contribution in [0.3, 0.4) is 0 Å². The van der Waals surface area contributed by atoms with E-state index >= 15 is 0 Å². The molecular weight excluding hydrogens is 388 g/mol. The molecule has 27 heavy (non-hydrogen) atoms. The van der Waals surface area contributed by atoms with Crippen LogP contribution in [0, 0.1) is 0 Å². The highest BCUT2D eigenvalue weighted by molar-refractivity contribution is 8.00. The van der Waals surface area contributed by atoms with Crippen LogP contribution < -0.4 is 10.6 Å². The van der Waals surface area contributed by atoms with Gasteiger partial charge in [0.15, 0.2) is 6.61 Å².